The minimum Gasteiger partial charge on any atom is -0.440 e. The molecule has 4 heteroatoms. The molecular formula is C22H25N3O. The van der Waals surface area contributed by atoms with Crippen molar-refractivity contribution in [3.63, 3.8) is 0 Å². The van der Waals surface area contributed by atoms with Crippen molar-refractivity contribution in [2.45, 2.75) is 56.8 Å². The number of hydrogen-bond donors (Lipinski definition) is 1. The van der Waals surface area contributed by atoms with Crippen LogP contribution in [-0.2, 0) is 13.0 Å². The van der Waals surface area contributed by atoms with Gasteiger partial charge < -0.3 is 10.2 Å². The van der Waals surface area contributed by atoms with E-state index in [9.17, 15) is 0 Å². The van der Waals surface area contributed by atoms with Crippen LogP contribution in [0, 0.1) is 0 Å². The van der Waals surface area contributed by atoms with Crippen LogP contribution in [0.2, 0.25) is 0 Å². The number of para-hydroxylation sites is 2. The standard InChI is InChI=1S/C22H25N3O/c23-17-12-18-9-10-19(13-17)25(18)14-16-7-5-15(6-8-16)11-22-24-20-3-1-2-4-21(20)26-22/h1-8,17-19H,9-14,23H2/t17?,18-,19+. The van der Waals surface area contributed by atoms with Crippen molar-refractivity contribution in [1.29, 1.82) is 0 Å². The van der Waals surface area contributed by atoms with Crippen molar-refractivity contribution in [2.75, 3.05) is 0 Å². The summed E-state index contributed by atoms with van der Waals surface area (Å²) in [6.07, 6.45) is 5.68. The van der Waals surface area contributed by atoms with Gasteiger partial charge in [-0.15, -0.1) is 0 Å². The van der Waals surface area contributed by atoms with E-state index in [-0.39, 0.29) is 0 Å². The zero-order valence-electron chi connectivity index (χ0n) is 15.0. The lowest BCUT2D eigenvalue weighted by Gasteiger charge is -2.37. The summed E-state index contributed by atoms with van der Waals surface area (Å²) < 4.78 is 5.84. The van der Waals surface area contributed by atoms with Crippen LogP contribution in [-0.4, -0.2) is 28.0 Å². The summed E-state index contributed by atoms with van der Waals surface area (Å²) in [6, 6.07) is 18.6. The Balaban J connectivity index is 1.27. The van der Waals surface area contributed by atoms with E-state index >= 15 is 0 Å². The van der Waals surface area contributed by atoms with Crippen molar-refractivity contribution >= 4 is 11.1 Å². The van der Waals surface area contributed by atoms with Crippen molar-refractivity contribution in [3.8, 4) is 0 Å². The van der Waals surface area contributed by atoms with Gasteiger partial charge in [0.25, 0.3) is 0 Å². The number of piperidine rings is 1. The van der Waals surface area contributed by atoms with Gasteiger partial charge in [0.2, 0.25) is 0 Å². The molecule has 0 radical (unpaired) electrons. The van der Waals surface area contributed by atoms with E-state index in [2.05, 4.69) is 34.1 Å². The Morgan fingerprint density at radius 2 is 1.65 bits per heavy atom. The predicted molar refractivity (Wildman–Crippen MR) is 103 cm³/mol. The van der Waals surface area contributed by atoms with Gasteiger partial charge in [0.05, 0.1) is 0 Å². The van der Waals surface area contributed by atoms with Gasteiger partial charge in [0.15, 0.2) is 11.5 Å². The monoisotopic (exact) mass is 347 g/mol. The fraction of sp³-hybridized carbons (Fsp3) is 0.409. The van der Waals surface area contributed by atoms with Gasteiger partial charge in [-0.3, -0.25) is 4.90 Å². The molecule has 3 heterocycles. The second-order valence-electron chi connectivity index (χ2n) is 7.86. The Bertz CT molecular complexity index is 854. The third-order valence-corrected chi connectivity index (χ3v) is 6.00. The molecule has 0 spiro atoms. The maximum Gasteiger partial charge on any atom is 0.199 e. The summed E-state index contributed by atoms with van der Waals surface area (Å²) in [4.78, 5) is 7.25. The molecule has 4 nitrogen and oxygen atoms in total. The third kappa shape index (κ3) is 3.04. The zero-order chi connectivity index (χ0) is 17.5. The first-order valence-electron chi connectivity index (χ1n) is 9.68. The maximum atomic E-state index is 6.19. The topological polar surface area (TPSA) is 55.3 Å². The lowest BCUT2D eigenvalue weighted by Crippen LogP contribution is -2.46. The lowest BCUT2D eigenvalue weighted by molar-refractivity contribution is 0.120. The molecule has 2 saturated heterocycles. The first-order valence-corrected chi connectivity index (χ1v) is 9.68. The molecule has 3 atom stereocenters. The summed E-state index contributed by atoms with van der Waals surface area (Å²) in [7, 11) is 0. The van der Waals surface area contributed by atoms with Gasteiger partial charge in [0, 0.05) is 31.1 Å². The quantitative estimate of drug-likeness (QED) is 0.778. The highest BCUT2D eigenvalue weighted by atomic mass is 16.3. The van der Waals surface area contributed by atoms with E-state index in [1.54, 1.807) is 0 Å². The van der Waals surface area contributed by atoms with E-state index in [4.69, 9.17) is 10.2 Å². The third-order valence-electron chi connectivity index (χ3n) is 6.00. The molecular weight excluding hydrogens is 322 g/mol. The summed E-state index contributed by atoms with van der Waals surface area (Å²) in [6.45, 7) is 1.05. The molecule has 3 aromatic rings. The molecule has 2 aliphatic rings. The Hall–Kier alpha value is -2.17. The molecule has 2 N–H and O–H groups in total. The lowest BCUT2D eigenvalue weighted by atomic mass is 9.97. The average molecular weight is 347 g/mol. The number of oxazole rings is 1. The highest BCUT2D eigenvalue weighted by Crippen LogP contribution is 2.36. The van der Waals surface area contributed by atoms with Crippen molar-refractivity contribution in [2.24, 2.45) is 5.73 Å². The van der Waals surface area contributed by atoms with Crippen LogP contribution in [0.5, 0.6) is 0 Å². The van der Waals surface area contributed by atoms with E-state index < -0.39 is 0 Å². The number of nitrogens with two attached hydrogens (primary N) is 1. The number of hydrogen-bond acceptors (Lipinski definition) is 4. The van der Waals surface area contributed by atoms with Gasteiger partial charge in [-0.1, -0.05) is 36.4 Å². The van der Waals surface area contributed by atoms with E-state index in [1.807, 2.05) is 24.3 Å². The fourth-order valence-corrected chi connectivity index (χ4v) is 4.72. The summed E-state index contributed by atoms with van der Waals surface area (Å²) in [5, 5.41) is 0. The Labute approximate surface area is 154 Å². The minimum absolute atomic E-state index is 0.405. The first kappa shape index (κ1) is 16.0. The smallest absolute Gasteiger partial charge is 0.199 e. The number of benzene rings is 2. The van der Waals surface area contributed by atoms with Crippen molar-refractivity contribution in [3.05, 3.63) is 65.5 Å². The average Bonchev–Trinajstić information content (AvgIpc) is 3.14. The molecule has 0 aliphatic carbocycles. The molecule has 2 bridgehead atoms. The van der Waals surface area contributed by atoms with Crippen LogP contribution in [0.3, 0.4) is 0 Å². The van der Waals surface area contributed by atoms with Crippen LogP contribution in [0.1, 0.15) is 42.7 Å². The van der Waals surface area contributed by atoms with Crippen LogP contribution in [0.15, 0.2) is 52.9 Å². The first-order chi connectivity index (χ1) is 12.7. The molecule has 1 aromatic heterocycles. The number of nitrogens with zero attached hydrogens (tertiary/aromatic N) is 2. The number of fused-ring (bicyclic) bond motifs is 3. The van der Waals surface area contributed by atoms with Crippen molar-refractivity contribution in [1.82, 2.24) is 9.88 Å². The molecule has 2 aliphatic heterocycles. The van der Waals surface area contributed by atoms with Gasteiger partial charge in [-0.2, -0.15) is 0 Å². The van der Waals surface area contributed by atoms with Crippen LogP contribution >= 0.6 is 0 Å². The predicted octanol–water partition coefficient (Wildman–Crippen LogP) is 3.87. The zero-order valence-corrected chi connectivity index (χ0v) is 15.0. The highest BCUT2D eigenvalue weighted by molar-refractivity contribution is 5.72. The molecule has 0 saturated carbocycles. The fourth-order valence-electron chi connectivity index (χ4n) is 4.72. The van der Waals surface area contributed by atoms with Gasteiger partial charge in [-0.05, 0) is 48.9 Å². The molecule has 2 aromatic carbocycles. The van der Waals surface area contributed by atoms with E-state index in [0.717, 1.165) is 42.8 Å². The normalized spacial score (nSPS) is 25.8. The number of aromatic nitrogens is 1. The SMILES string of the molecule is NC1C[C@H]2CC[C@@H](C1)N2Cc1ccc(Cc2nc3ccccc3o2)cc1. The Morgan fingerprint density at radius 3 is 2.38 bits per heavy atom. The van der Waals surface area contributed by atoms with Gasteiger partial charge >= 0.3 is 0 Å². The van der Waals surface area contributed by atoms with Gasteiger partial charge in [0.1, 0.15) is 5.52 Å². The van der Waals surface area contributed by atoms with Crippen LogP contribution in [0.25, 0.3) is 11.1 Å². The largest absolute Gasteiger partial charge is 0.440 e. The van der Waals surface area contributed by atoms with E-state index in [0.29, 0.717) is 18.1 Å². The van der Waals surface area contributed by atoms with Gasteiger partial charge in [-0.25, -0.2) is 4.98 Å². The second-order valence-corrected chi connectivity index (χ2v) is 7.86. The van der Waals surface area contributed by atoms with Crippen LogP contribution < -0.4 is 5.73 Å². The maximum absolute atomic E-state index is 6.19. The Morgan fingerprint density at radius 1 is 0.962 bits per heavy atom. The summed E-state index contributed by atoms with van der Waals surface area (Å²) in [5.41, 5.74) is 10.6. The molecule has 134 valence electrons. The number of rotatable bonds is 4. The molecule has 26 heavy (non-hydrogen) atoms. The minimum atomic E-state index is 0.405. The molecule has 5 rings (SSSR count). The van der Waals surface area contributed by atoms with Crippen LogP contribution in [0.4, 0.5) is 0 Å². The van der Waals surface area contributed by atoms with E-state index in [1.165, 1.54) is 24.0 Å². The second kappa shape index (κ2) is 6.53. The summed E-state index contributed by atoms with van der Waals surface area (Å²) >= 11 is 0. The molecule has 0 amide bonds. The van der Waals surface area contributed by atoms with Crippen molar-refractivity contribution < 1.29 is 4.42 Å². The highest BCUT2D eigenvalue weighted by Gasteiger charge is 2.39. The molecule has 2 fully saturated rings. The Kier molecular flexibility index (Phi) is 4.03. The molecule has 1 unspecified atom stereocenters. The summed E-state index contributed by atoms with van der Waals surface area (Å²) in [5.74, 6) is 0.780.